The molecule has 1 fully saturated rings. The van der Waals surface area contributed by atoms with Crippen LogP contribution in [-0.4, -0.2) is 17.0 Å². The highest BCUT2D eigenvalue weighted by Gasteiger charge is 2.23. The van der Waals surface area contributed by atoms with Gasteiger partial charge in [0.05, 0.1) is 10.6 Å². The Kier molecular flexibility index (Phi) is 5.88. The molecule has 27 heavy (non-hydrogen) atoms. The van der Waals surface area contributed by atoms with Crippen LogP contribution in [0.5, 0.6) is 0 Å². The van der Waals surface area contributed by atoms with Crippen LogP contribution in [0.15, 0.2) is 76.1 Å². The molecule has 2 aromatic rings. The number of amidine groups is 1. The van der Waals surface area contributed by atoms with E-state index in [0.29, 0.717) is 21.4 Å². The number of nitrogens with one attached hydrogen (secondary N) is 2. The fourth-order valence-electron chi connectivity index (χ4n) is 2.48. The lowest BCUT2D eigenvalue weighted by Crippen LogP contribution is -2.19. The first-order valence-corrected chi connectivity index (χ1v) is 9.22. The van der Waals surface area contributed by atoms with E-state index in [4.69, 9.17) is 0 Å². The second-order valence-corrected chi connectivity index (χ2v) is 7.04. The van der Waals surface area contributed by atoms with Gasteiger partial charge in [0, 0.05) is 12.6 Å². The minimum Gasteiger partial charge on any atom is -0.326 e. The molecule has 0 radical (unpaired) electrons. The van der Waals surface area contributed by atoms with Crippen LogP contribution in [0, 0.1) is 0 Å². The first kappa shape index (κ1) is 18.7. The van der Waals surface area contributed by atoms with Crippen molar-refractivity contribution in [1.29, 1.82) is 0 Å². The van der Waals surface area contributed by atoms with Gasteiger partial charge in [-0.25, -0.2) is 4.99 Å². The minimum atomic E-state index is -0.158. The Morgan fingerprint density at radius 3 is 2.44 bits per heavy atom. The molecule has 6 heteroatoms. The number of hydrogen-bond acceptors (Lipinski definition) is 4. The molecule has 0 aliphatic carbocycles. The Hall–Kier alpha value is -3.12. The van der Waals surface area contributed by atoms with E-state index in [-0.39, 0.29) is 11.8 Å². The molecule has 136 valence electrons. The molecule has 0 bridgehead atoms. The fourth-order valence-corrected chi connectivity index (χ4v) is 3.37. The average molecular weight is 377 g/mol. The molecule has 0 spiro atoms. The summed E-state index contributed by atoms with van der Waals surface area (Å²) in [6.07, 6.45) is 3.88. The molecule has 3 rings (SSSR count). The van der Waals surface area contributed by atoms with Crippen LogP contribution in [0.25, 0.3) is 6.08 Å². The maximum atomic E-state index is 12.2. The predicted octanol–water partition coefficient (Wildman–Crippen LogP) is 4.48. The Balaban J connectivity index is 1.72. The molecule has 0 aromatic heterocycles. The zero-order valence-corrected chi connectivity index (χ0v) is 15.8. The minimum absolute atomic E-state index is 0.124. The third kappa shape index (κ3) is 5.43. The SMILES string of the molecule is CC(=O)Nc1ccc(N=C2NC(=O)/C(=C/C(C)=C/c3ccccc3)S2)cc1. The molecule has 1 aliphatic rings. The highest BCUT2D eigenvalue weighted by Crippen LogP contribution is 2.28. The predicted molar refractivity (Wildman–Crippen MR) is 112 cm³/mol. The summed E-state index contributed by atoms with van der Waals surface area (Å²) in [6, 6.07) is 17.1. The molecular weight excluding hydrogens is 358 g/mol. The van der Waals surface area contributed by atoms with E-state index in [1.54, 1.807) is 24.3 Å². The van der Waals surface area contributed by atoms with E-state index < -0.39 is 0 Å². The number of benzene rings is 2. The number of rotatable bonds is 4. The molecule has 5 nitrogen and oxygen atoms in total. The van der Waals surface area contributed by atoms with Crippen molar-refractivity contribution in [2.24, 2.45) is 4.99 Å². The molecule has 2 amide bonds. The first-order chi connectivity index (χ1) is 13.0. The fraction of sp³-hybridized carbons (Fsp3) is 0.0952. The topological polar surface area (TPSA) is 70.6 Å². The third-order valence-electron chi connectivity index (χ3n) is 3.62. The summed E-state index contributed by atoms with van der Waals surface area (Å²) in [7, 11) is 0. The van der Waals surface area contributed by atoms with Gasteiger partial charge in [0.25, 0.3) is 5.91 Å². The Morgan fingerprint density at radius 2 is 1.78 bits per heavy atom. The van der Waals surface area contributed by atoms with Gasteiger partial charge in [0.1, 0.15) is 0 Å². The Morgan fingerprint density at radius 1 is 1.07 bits per heavy atom. The van der Waals surface area contributed by atoms with Crippen LogP contribution in [0.3, 0.4) is 0 Å². The first-order valence-electron chi connectivity index (χ1n) is 8.40. The summed E-state index contributed by atoms with van der Waals surface area (Å²) in [6.45, 7) is 3.42. The average Bonchev–Trinajstić information content (AvgIpc) is 2.96. The number of nitrogens with zero attached hydrogens (tertiary/aromatic N) is 1. The summed E-state index contributed by atoms with van der Waals surface area (Å²) < 4.78 is 0. The van der Waals surface area contributed by atoms with Crippen molar-refractivity contribution in [1.82, 2.24) is 5.32 Å². The van der Waals surface area contributed by atoms with Gasteiger partial charge in [0.15, 0.2) is 5.17 Å². The number of carbonyl (C=O) groups excluding carboxylic acids is 2. The van der Waals surface area contributed by atoms with Crippen LogP contribution in [-0.2, 0) is 9.59 Å². The van der Waals surface area contributed by atoms with Gasteiger partial charge in [0.2, 0.25) is 5.91 Å². The number of allylic oxidation sites excluding steroid dienone is 2. The normalized spacial score (nSPS) is 17.3. The largest absolute Gasteiger partial charge is 0.326 e. The van der Waals surface area contributed by atoms with Crippen LogP contribution in [0.4, 0.5) is 11.4 Å². The molecule has 1 aliphatic heterocycles. The number of hydrogen-bond donors (Lipinski definition) is 2. The lowest BCUT2D eigenvalue weighted by Gasteiger charge is -2.02. The van der Waals surface area contributed by atoms with Gasteiger partial charge >= 0.3 is 0 Å². The van der Waals surface area contributed by atoms with Crippen LogP contribution >= 0.6 is 11.8 Å². The quantitative estimate of drug-likeness (QED) is 0.772. The van der Waals surface area contributed by atoms with Crippen LogP contribution in [0.1, 0.15) is 19.4 Å². The van der Waals surface area contributed by atoms with Crippen molar-refractivity contribution in [3.05, 3.63) is 76.7 Å². The molecule has 0 saturated carbocycles. The van der Waals surface area contributed by atoms with E-state index >= 15 is 0 Å². The van der Waals surface area contributed by atoms with E-state index in [0.717, 1.165) is 11.1 Å². The van der Waals surface area contributed by atoms with Gasteiger partial charge in [-0.2, -0.15) is 0 Å². The zero-order valence-electron chi connectivity index (χ0n) is 15.0. The molecule has 1 saturated heterocycles. The van der Waals surface area contributed by atoms with Gasteiger partial charge in [-0.15, -0.1) is 0 Å². The highest BCUT2D eigenvalue weighted by molar-refractivity contribution is 8.18. The third-order valence-corrected chi connectivity index (χ3v) is 4.53. The van der Waals surface area contributed by atoms with Gasteiger partial charge < -0.3 is 10.6 Å². The number of carbonyl (C=O) groups is 2. The van der Waals surface area contributed by atoms with Crippen molar-refractivity contribution < 1.29 is 9.59 Å². The lowest BCUT2D eigenvalue weighted by molar-refractivity contribution is -0.115. The maximum Gasteiger partial charge on any atom is 0.264 e. The Labute approximate surface area is 162 Å². The number of amides is 2. The molecule has 0 unspecified atom stereocenters. The van der Waals surface area contributed by atoms with Gasteiger partial charge in [-0.05, 0) is 60.2 Å². The van der Waals surface area contributed by atoms with Gasteiger partial charge in [-0.3, -0.25) is 9.59 Å². The number of aliphatic imine (C=N–C) groups is 1. The second kappa shape index (κ2) is 8.51. The van der Waals surface area contributed by atoms with Gasteiger partial charge in [-0.1, -0.05) is 36.4 Å². The van der Waals surface area contributed by atoms with E-state index in [2.05, 4.69) is 15.6 Å². The van der Waals surface area contributed by atoms with E-state index in [9.17, 15) is 9.59 Å². The zero-order chi connectivity index (χ0) is 19.2. The van der Waals surface area contributed by atoms with Crippen molar-refractivity contribution >= 4 is 46.2 Å². The summed E-state index contributed by atoms with van der Waals surface area (Å²) in [5.41, 5.74) is 3.48. The van der Waals surface area contributed by atoms with Crippen molar-refractivity contribution in [2.45, 2.75) is 13.8 Å². The highest BCUT2D eigenvalue weighted by atomic mass is 32.2. The van der Waals surface area contributed by atoms with Crippen LogP contribution in [0.2, 0.25) is 0 Å². The standard InChI is InChI=1S/C21H19N3O2S/c1-14(12-16-6-4-3-5-7-16)13-19-20(26)24-21(27-19)23-18-10-8-17(9-11-18)22-15(2)25/h3-13H,1-2H3,(H,22,25)(H,23,24,26)/b14-12+,19-13-. The second-order valence-electron chi connectivity index (χ2n) is 6.01. The number of anilines is 1. The summed E-state index contributed by atoms with van der Waals surface area (Å²) in [5, 5.41) is 6.01. The smallest absolute Gasteiger partial charge is 0.264 e. The van der Waals surface area contributed by atoms with E-state index in [1.165, 1.54) is 18.7 Å². The lowest BCUT2D eigenvalue weighted by atomic mass is 10.1. The van der Waals surface area contributed by atoms with Crippen molar-refractivity contribution in [3.8, 4) is 0 Å². The monoisotopic (exact) mass is 377 g/mol. The maximum absolute atomic E-state index is 12.2. The molecule has 2 aromatic carbocycles. The summed E-state index contributed by atoms with van der Waals surface area (Å²) in [5.74, 6) is -0.282. The molecular formula is C21H19N3O2S. The Bertz CT molecular complexity index is 945. The summed E-state index contributed by atoms with van der Waals surface area (Å²) >= 11 is 1.31. The van der Waals surface area contributed by atoms with Crippen LogP contribution < -0.4 is 10.6 Å². The van der Waals surface area contributed by atoms with Crippen molar-refractivity contribution in [2.75, 3.05) is 5.32 Å². The molecule has 2 N–H and O–H groups in total. The van der Waals surface area contributed by atoms with E-state index in [1.807, 2.05) is 49.4 Å². The van der Waals surface area contributed by atoms with Crippen molar-refractivity contribution in [3.63, 3.8) is 0 Å². The summed E-state index contributed by atoms with van der Waals surface area (Å²) in [4.78, 5) is 28.3. The molecule has 1 heterocycles. The number of thioether (sulfide) groups is 1. The molecule has 0 atom stereocenters.